The molecule has 0 saturated carbocycles. The van der Waals surface area contributed by atoms with E-state index in [-0.39, 0.29) is 17.8 Å². The monoisotopic (exact) mass is 332 g/mol. The summed E-state index contributed by atoms with van der Waals surface area (Å²) in [4.78, 5) is 27.2. The molecule has 0 spiro atoms. The molecule has 0 aliphatic rings. The summed E-state index contributed by atoms with van der Waals surface area (Å²) in [6.45, 7) is 3.57. The first kappa shape index (κ1) is 17.1. The highest BCUT2D eigenvalue weighted by Gasteiger charge is 2.15. The van der Waals surface area contributed by atoms with Gasteiger partial charge in [-0.05, 0) is 36.5 Å². The van der Waals surface area contributed by atoms with Gasteiger partial charge in [0.25, 0.3) is 0 Å². The Kier molecular flexibility index (Phi) is 5.87. The molecule has 1 atom stereocenters. The van der Waals surface area contributed by atoms with Crippen molar-refractivity contribution in [3.05, 3.63) is 46.5 Å². The van der Waals surface area contributed by atoms with Gasteiger partial charge in [-0.1, -0.05) is 19.1 Å². The Morgan fingerprint density at radius 3 is 2.83 bits per heavy atom. The van der Waals surface area contributed by atoms with Gasteiger partial charge in [0, 0.05) is 12.3 Å². The second-order valence-corrected chi connectivity index (χ2v) is 6.11. The van der Waals surface area contributed by atoms with E-state index in [0.29, 0.717) is 10.7 Å². The summed E-state index contributed by atoms with van der Waals surface area (Å²) in [5.41, 5.74) is 2.58. The molecule has 0 aliphatic heterocycles. The first-order valence-electron chi connectivity index (χ1n) is 7.43. The fraction of sp³-hybridized carbons (Fsp3) is 0.353. The van der Waals surface area contributed by atoms with Crippen molar-refractivity contribution >= 4 is 28.3 Å². The molecule has 2 aromatic rings. The van der Waals surface area contributed by atoms with E-state index in [4.69, 9.17) is 4.74 Å². The van der Waals surface area contributed by atoms with Crippen molar-refractivity contribution in [1.82, 2.24) is 4.98 Å². The molecular formula is C17H20N2O3S. The van der Waals surface area contributed by atoms with E-state index in [1.807, 2.05) is 23.6 Å². The average molecular weight is 332 g/mol. The number of carbonyl (C=O) groups is 2. The van der Waals surface area contributed by atoms with Crippen LogP contribution in [0.1, 0.15) is 47.8 Å². The number of hydrogen-bond acceptors (Lipinski definition) is 5. The van der Waals surface area contributed by atoms with E-state index >= 15 is 0 Å². The van der Waals surface area contributed by atoms with E-state index in [1.54, 1.807) is 6.07 Å². The molecule has 0 bridgehead atoms. The average Bonchev–Trinajstić information content (AvgIpc) is 2.98. The Balaban J connectivity index is 2.15. The summed E-state index contributed by atoms with van der Waals surface area (Å²) in [5.74, 6) is -0.195. The number of rotatable bonds is 6. The zero-order valence-electron chi connectivity index (χ0n) is 13.5. The molecule has 0 aliphatic carbocycles. The molecule has 1 heterocycles. The highest BCUT2D eigenvalue weighted by molar-refractivity contribution is 7.13. The number of ether oxygens (including phenoxy) is 1. The van der Waals surface area contributed by atoms with Gasteiger partial charge in [0.15, 0.2) is 5.13 Å². The third kappa shape index (κ3) is 4.63. The van der Waals surface area contributed by atoms with Crippen molar-refractivity contribution in [2.24, 2.45) is 0 Å². The minimum atomic E-state index is -0.330. The number of anilines is 1. The van der Waals surface area contributed by atoms with Crippen LogP contribution in [0.2, 0.25) is 0 Å². The van der Waals surface area contributed by atoms with Gasteiger partial charge in [-0.2, -0.15) is 0 Å². The second-order valence-electron chi connectivity index (χ2n) is 5.25. The van der Waals surface area contributed by atoms with Gasteiger partial charge in [-0.15, -0.1) is 11.3 Å². The number of nitrogens with one attached hydrogen (secondary N) is 1. The number of aromatic nitrogens is 1. The number of benzene rings is 1. The maximum absolute atomic E-state index is 11.7. The number of methoxy groups -OCH3 is 1. The molecular weight excluding hydrogens is 312 g/mol. The van der Waals surface area contributed by atoms with Crippen molar-refractivity contribution in [3.63, 3.8) is 0 Å². The predicted molar refractivity (Wildman–Crippen MR) is 90.9 cm³/mol. The fourth-order valence-corrected chi connectivity index (χ4v) is 3.17. The lowest BCUT2D eigenvalue weighted by molar-refractivity contribution is -0.114. The molecule has 6 heteroatoms. The maximum Gasteiger partial charge on any atom is 0.337 e. The van der Waals surface area contributed by atoms with Crippen LogP contribution >= 0.6 is 11.3 Å². The standard InChI is InChI=1S/C17H20N2O3S/c1-4-12(9-15-10-23-17(19-15)18-11(2)20)13-6-5-7-14(8-13)16(21)22-3/h5-8,10,12H,4,9H2,1-3H3,(H,18,19,20). The van der Waals surface area contributed by atoms with Crippen LogP contribution in [-0.4, -0.2) is 24.0 Å². The topological polar surface area (TPSA) is 68.3 Å². The summed E-state index contributed by atoms with van der Waals surface area (Å²) in [6.07, 6.45) is 1.69. The third-order valence-electron chi connectivity index (χ3n) is 3.56. The smallest absolute Gasteiger partial charge is 0.337 e. The normalized spacial score (nSPS) is 11.8. The highest BCUT2D eigenvalue weighted by atomic mass is 32.1. The fourth-order valence-electron chi connectivity index (χ4n) is 2.40. The molecule has 1 amide bonds. The van der Waals surface area contributed by atoms with Crippen LogP contribution < -0.4 is 5.32 Å². The molecule has 2 rings (SSSR count). The van der Waals surface area contributed by atoms with Gasteiger partial charge in [-0.3, -0.25) is 4.79 Å². The van der Waals surface area contributed by atoms with Gasteiger partial charge in [0.1, 0.15) is 0 Å². The molecule has 23 heavy (non-hydrogen) atoms. The molecule has 0 fully saturated rings. The van der Waals surface area contributed by atoms with Gasteiger partial charge >= 0.3 is 5.97 Å². The summed E-state index contributed by atoms with van der Waals surface area (Å²) >= 11 is 1.42. The first-order chi connectivity index (χ1) is 11.0. The SMILES string of the molecule is CCC(Cc1csc(NC(C)=O)n1)c1cccc(C(=O)OC)c1. The summed E-state index contributed by atoms with van der Waals surface area (Å²) in [5, 5.41) is 5.27. The highest BCUT2D eigenvalue weighted by Crippen LogP contribution is 2.27. The lowest BCUT2D eigenvalue weighted by atomic mass is 9.91. The van der Waals surface area contributed by atoms with Crippen LogP contribution in [-0.2, 0) is 16.0 Å². The van der Waals surface area contributed by atoms with Crippen molar-refractivity contribution in [2.45, 2.75) is 32.6 Å². The summed E-state index contributed by atoms with van der Waals surface area (Å²) in [7, 11) is 1.38. The van der Waals surface area contributed by atoms with Gasteiger partial charge < -0.3 is 10.1 Å². The van der Waals surface area contributed by atoms with E-state index < -0.39 is 0 Å². The van der Waals surface area contributed by atoms with Crippen LogP contribution in [0.3, 0.4) is 0 Å². The Bertz CT molecular complexity index is 697. The molecule has 1 N–H and O–H groups in total. The number of carbonyl (C=O) groups excluding carboxylic acids is 2. The van der Waals surface area contributed by atoms with Crippen LogP contribution in [0, 0.1) is 0 Å². The zero-order valence-corrected chi connectivity index (χ0v) is 14.3. The number of hydrogen-bond donors (Lipinski definition) is 1. The lowest BCUT2D eigenvalue weighted by Gasteiger charge is -2.15. The molecule has 0 saturated heterocycles. The van der Waals surface area contributed by atoms with E-state index in [0.717, 1.165) is 24.1 Å². The van der Waals surface area contributed by atoms with E-state index in [2.05, 4.69) is 17.2 Å². The van der Waals surface area contributed by atoms with Crippen LogP contribution in [0.5, 0.6) is 0 Å². The minimum absolute atomic E-state index is 0.122. The van der Waals surface area contributed by atoms with E-state index in [1.165, 1.54) is 25.4 Å². The second kappa shape index (κ2) is 7.87. The Hall–Kier alpha value is -2.21. The van der Waals surface area contributed by atoms with Crippen molar-refractivity contribution in [3.8, 4) is 0 Å². The maximum atomic E-state index is 11.7. The van der Waals surface area contributed by atoms with Crippen molar-refractivity contribution < 1.29 is 14.3 Å². The molecule has 0 radical (unpaired) electrons. The third-order valence-corrected chi connectivity index (χ3v) is 4.37. The largest absolute Gasteiger partial charge is 0.465 e. The Morgan fingerprint density at radius 1 is 1.39 bits per heavy atom. The molecule has 1 unspecified atom stereocenters. The Morgan fingerprint density at radius 2 is 2.17 bits per heavy atom. The van der Waals surface area contributed by atoms with E-state index in [9.17, 15) is 9.59 Å². The van der Waals surface area contributed by atoms with Gasteiger partial charge in [0.2, 0.25) is 5.91 Å². The van der Waals surface area contributed by atoms with Gasteiger partial charge in [0.05, 0.1) is 18.4 Å². The zero-order chi connectivity index (χ0) is 16.8. The van der Waals surface area contributed by atoms with Crippen LogP contribution in [0.25, 0.3) is 0 Å². The minimum Gasteiger partial charge on any atom is -0.465 e. The number of thiazole rings is 1. The number of esters is 1. The first-order valence-corrected chi connectivity index (χ1v) is 8.31. The molecule has 122 valence electrons. The number of nitrogens with zero attached hydrogens (tertiary/aromatic N) is 1. The van der Waals surface area contributed by atoms with Crippen molar-refractivity contribution in [2.75, 3.05) is 12.4 Å². The van der Waals surface area contributed by atoms with Crippen LogP contribution in [0.4, 0.5) is 5.13 Å². The lowest BCUT2D eigenvalue weighted by Crippen LogP contribution is -2.07. The van der Waals surface area contributed by atoms with Crippen molar-refractivity contribution in [1.29, 1.82) is 0 Å². The number of amides is 1. The molecule has 5 nitrogen and oxygen atoms in total. The van der Waals surface area contributed by atoms with Crippen LogP contribution in [0.15, 0.2) is 29.6 Å². The molecule has 1 aromatic carbocycles. The summed E-state index contributed by atoms with van der Waals surface area (Å²) in [6, 6.07) is 7.51. The predicted octanol–water partition coefficient (Wildman–Crippen LogP) is 3.62. The Labute approximate surface area is 139 Å². The molecule has 1 aromatic heterocycles. The summed E-state index contributed by atoms with van der Waals surface area (Å²) < 4.78 is 4.77. The quantitative estimate of drug-likeness (QED) is 0.820. The van der Waals surface area contributed by atoms with Gasteiger partial charge in [-0.25, -0.2) is 9.78 Å².